The fourth-order valence-corrected chi connectivity index (χ4v) is 9.55. The summed E-state index contributed by atoms with van der Waals surface area (Å²) in [5.74, 6) is -0.695. The van der Waals surface area contributed by atoms with Crippen LogP contribution in [0.25, 0.3) is 0 Å². The summed E-state index contributed by atoms with van der Waals surface area (Å²) in [7, 11) is 1.78. The van der Waals surface area contributed by atoms with Crippen molar-refractivity contribution < 1.29 is 29.0 Å². The fourth-order valence-electron chi connectivity index (χ4n) is 8.38. The average molecular weight is 703 g/mol. The van der Waals surface area contributed by atoms with Gasteiger partial charge in [-0.15, -0.1) is 18.3 Å². The highest BCUT2D eigenvalue weighted by Gasteiger charge is 2.61. The van der Waals surface area contributed by atoms with Crippen LogP contribution in [0.5, 0.6) is 0 Å². The Morgan fingerprint density at radius 3 is 2.65 bits per heavy atom. The van der Waals surface area contributed by atoms with Crippen molar-refractivity contribution in [2.24, 2.45) is 11.8 Å². The van der Waals surface area contributed by atoms with Crippen molar-refractivity contribution in [3.05, 3.63) is 24.8 Å². The zero-order valence-corrected chi connectivity index (χ0v) is 29.3. The van der Waals surface area contributed by atoms with Crippen LogP contribution in [0.2, 0.25) is 0 Å². The Bertz CT molecular complexity index is 1260. The molecule has 2 aliphatic carbocycles. The first-order chi connectivity index (χ1) is 23.7. The summed E-state index contributed by atoms with van der Waals surface area (Å²) >= 11 is 1.91. The monoisotopic (exact) mass is 702 g/mol. The fraction of sp³-hybridized carbons (Fsp3) is 0.765. The van der Waals surface area contributed by atoms with Crippen LogP contribution in [0.4, 0.5) is 4.79 Å². The molecule has 49 heavy (non-hydrogen) atoms. The Morgan fingerprint density at radius 2 is 1.94 bits per heavy atom. The number of carboxylic acids is 1. The summed E-state index contributed by atoms with van der Waals surface area (Å²) in [6.45, 7) is 5.09. The summed E-state index contributed by atoms with van der Waals surface area (Å²) < 4.78 is 5.65. The lowest BCUT2D eigenvalue weighted by atomic mass is 9.80. The van der Waals surface area contributed by atoms with E-state index in [0.29, 0.717) is 25.2 Å². The van der Waals surface area contributed by atoms with E-state index >= 15 is 0 Å². The van der Waals surface area contributed by atoms with Crippen molar-refractivity contribution in [3.63, 3.8) is 0 Å². The van der Waals surface area contributed by atoms with E-state index in [0.717, 1.165) is 63.7 Å². The number of carboxylic acid groups (broad SMARTS) is 1. The van der Waals surface area contributed by atoms with E-state index in [-0.39, 0.29) is 54.5 Å². The molecule has 6 rings (SSSR count). The van der Waals surface area contributed by atoms with Crippen LogP contribution in [-0.2, 0) is 19.1 Å². The molecule has 15 heteroatoms. The van der Waals surface area contributed by atoms with E-state index in [2.05, 4.69) is 38.7 Å². The summed E-state index contributed by atoms with van der Waals surface area (Å²) in [6, 6.07) is -2.21. The molecule has 0 bridgehead atoms. The number of nitrogens with one attached hydrogen (secondary N) is 6. The molecule has 2 saturated carbocycles. The van der Waals surface area contributed by atoms with Gasteiger partial charge in [0.2, 0.25) is 11.8 Å². The highest BCUT2D eigenvalue weighted by atomic mass is 32.2. The number of amides is 4. The van der Waals surface area contributed by atoms with Crippen molar-refractivity contribution in [1.29, 1.82) is 0 Å². The molecular weight excluding hydrogens is 648 g/mol. The van der Waals surface area contributed by atoms with Gasteiger partial charge in [-0.05, 0) is 63.7 Å². The molecule has 5 fully saturated rings. The van der Waals surface area contributed by atoms with Gasteiger partial charge in [0, 0.05) is 44.5 Å². The highest BCUT2D eigenvalue weighted by molar-refractivity contribution is 8.00. The number of hydrogen-bond acceptors (Lipinski definition) is 10. The van der Waals surface area contributed by atoms with E-state index in [1.165, 1.54) is 0 Å². The molecule has 0 aromatic carbocycles. The number of allylic oxidation sites excluding steroid dienone is 1. The Hall–Kier alpha value is -2.69. The number of urea groups is 1. The number of methoxy groups -OCH3 is 1. The predicted molar refractivity (Wildman–Crippen MR) is 186 cm³/mol. The van der Waals surface area contributed by atoms with Crippen LogP contribution in [0.3, 0.4) is 0 Å². The van der Waals surface area contributed by atoms with Gasteiger partial charge < -0.3 is 36.0 Å². The zero-order chi connectivity index (χ0) is 34.5. The number of thioether (sulfide) groups is 1. The number of rotatable bonds is 8. The third-order valence-corrected chi connectivity index (χ3v) is 12.6. The minimum absolute atomic E-state index is 0.108. The molecule has 14 nitrogen and oxygen atoms in total. The van der Waals surface area contributed by atoms with Crippen LogP contribution < -0.4 is 32.1 Å². The summed E-state index contributed by atoms with van der Waals surface area (Å²) in [4.78, 5) is 55.4. The second-order valence-electron chi connectivity index (χ2n) is 14.4. The van der Waals surface area contributed by atoms with Crippen LogP contribution >= 0.6 is 11.8 Å². The second kappa shape index (κ2) is 16.1. The minimum atomic E-state index is -1.38. The topological polar surface area (TPSA) is 176 Å². The Kier molecular flexibility index (Phi) is 11.9. The third-order valence-electron chi connectivity index (χ3n) is 11.3. The van der Waals surface area contributed by atoms with Gasteiger partial charge in [-0.3, -0.25) is 9.59 Å². The van der Waals surface area contributed by atoms with E-state index < -0.39 is 35.5 Å². The maximum Gasteiger partial charge on any atom is 0.330 e. The van der Waals surface area contributed by atoms with E-state index in [9.17, 15) is 24.3 Å². The molecule has 3 unspecified atom stereocenters. The molecule has 7 N–H and O–H groups in total. The minimum Gasteiger partial charge on any atom is -0.479 e. The normalized spacial score (nSPS) is 39.5. The number of nitrogens with zero attached hydrogens (tertiary/aromatic N) is 2. The van der Waals surface area contributed by atoms with Crippen LogP contribution in [0, 0.1) is 11.8 Å². The Morgan fingerprint density at radius 1 is 1.14 bits per heavy atom. The molecular formula is C34H54N8O6S. The van der Waals surface area contributed by atoms with Crippen molar-refractivity contribution in [3.8, 4) is 0 Å². The van der Waals surface area contributed by atoms with Gasteiger partial charge in [0.1, 0.15) is 17.6 Å². The number of hydrazine groups is 2. The average Bonchev–Trinajstić information content (AvgIpc) is 3.55. The number of ether oxygens (including phenoxy) is 1. The summed E-state index contributed by atoms with van der Waals surface area (Å²) in [6.07, 6.45) is 14.2. The van der Waals surface area contributed by atoms with Crippen molar-refractivity contribution in [1.82, 2.24) is 42.1 Å². The van der Waals surface area contributed by atoms with Crippen LogP contribution in [-0.4, -0.2) is 119 Å². The molecule has 8 atom stereocenters. The second-order valence-corrected chi connectivity index (χ2v) is 15.7. The first kappa shape index (κ1) is 36.1. The van der Waals surface area contributed by atoms with Gasteiger partial charge in [-0.25, -0.2) is 20.4 Å². The van der Waals surface area contributed by atoms with E-state index in [1.807, 2.05) is 29.0 Å². The van der Waals surface area contributed by atoms with Crippen molar-refractivity contribution in [2.45, 2.75) is 118 Å². The summed E-state index contributed by atoms with van der Waals surface area (Å²) in [5, 5.41) is 24.5. The lowest BCUT2D eigenvalue weighted by Crippen LogP contribution is -2.57. The van der Waals surface area contributed by atoms with Gasteiger partial charge in [0.25, 0.3) is 0 Å². The number of aliphatic carboxylic acids is 1. The molecule has 6 aliphatic rings. The largest absolute Gasteiger partial charge is 0.479 e. The smallest absolute Gasteiger partial charge is 0.330 e. The number of carbonyl (C=O) groups excluding carboxylic acids is 3. The first-order valence-electron chi connectivity index (χ1n) is 18.1. The van der Waals surface area contributed by atoms with Gasteiger partial charge >= 0.3 is 12.0 Å². The molecule has 0 radical (unpaired) electrons. The van der Waals surface area contributed by atoms with Gasteiger partial charge in [0.05, 0.1) is 23.6 Å². The first-order valence-corrected chi connectivity index (χ1v) is 19.2. The summed E-state index contributed by atoms with van der Waals surface area (Å²) in [5.41, 5.74) is 6.14. The quantitative estimate of drug-likeness (QED) is 0.181. The number of fused-ring (bicyclic) bond motifs is 2. The Balaban J connectivity index is 1.25. The molecule has 4 heterocycles. The standard InChI is InChI=1S/C34H54N8O6S/c1-3-15-36-33(47)37-25-10-8-6-4-5-7-9-22-19-34(22,32(45)46)38-29(43)26-18-23(20-41(26)31(25)44)42-39-27(21-11-13-24(48-2)14-12-21)28(40-42)30-35-16-17-49-30/h3,7,9,21-28,30,35,39-40H,1,4-6,8,10-20H2,2H3,(H,38,43)(H,45,46)(H2,36,37,47)/b9-7-/t21?,22-,23-,24?,25-,26+,27?,28?,30?,34+/m1/s1. The Labute approximate surface area is 293 Å². The molecule has 0 spiro atoms. The lowest BCUT2D eigenvalue weighted by molar-refractivity contribution is -0.145. The van der Waals surface area contributed by atoms with Crippen molar-refractivity contribution >= 4 is 35.6 Å². The molecule has 0 aromatic heterocycles. The number of carbonyl (C=O) groups is 4. The maximum atomic E-state index is 14.4. The van der Waals surface area contributed by atoms with Crippen LogP contribution in [0.1, 0.15) is 70.6 Å². The highest BCUT2D eigenvalue weighted by Crippen LogP contribution is 2.45. The molecule has 4 aliphatic heterocycles. The van der Waals surface area contributed by atoms with Crippen LogP contribution in [0.15, 0.2) is 24.8 Å². The van der Waals surface area contributed by atoms with Crippen molar-refractivity contribution in [2.75, 3.05) is 32.5 Å². The predicted octanol–water partition coefficient (Wildman–Crippen LogP) is 1.22. The zero-order valence-electron chi connectivity index (χ0n) is 28.5. The SMILES string of the molecule is C=CCNC(=O)N[C@@H]1CCCCC/C=C\[C@@H]2C[C@]2(C(=O)O)NC(=O)[C@@H]2C[C@@H](N3NC(C4CCC(OC)CC4)C(C4NCCS4)N3)CN2C1=O. The number of hydrogen-bond donors (Lipinski definition) is 7. The third kappa shape index (κ3) is 8.12. The van der Waals surface area contributed by atoms with E-state index in [4.69, 9.17) is 4.74 Å². The molecule has 4 amide bonds. The lowest BCUT2D eigenvalue weighted by Gasteiger charge is -2.35. The van der Waals surface area contributed by atoms with Gasteiger partial charge in [-0.1, -0.05) is 31.1 Å². The van der Waals surface area contributed by atoms with Gasteiger partial charge in [0.15, 0.2) is 0 Å². The van der Waals surface area contributed by atoms with Gasteiger partial charge in [-0.2, -0.15) is 5.12 Å². The van der Waals surface area contributed by atoms with E-state index in [1.54, 1.807) is 18.1 Å². The molecule has 3 saturated heterocycles. The maximum absolute atomic E-state index is 14.4. The molecule has 272 valence electrons. The molecule has 0 aromatic rings.